The first-order valence-electron chi connectivity index (χ1n) is 7.62. The number of rotatable bonds is 5. The molecule has 0 saturated carbocycles. The lowest BCUT2D eigenvalue weighted by molar-refractivity contribution is -0.137. The van der Waals surface area contributed by atoms with Gasteiger partial charge in [0, 0.05) is 37.5 Å². The molecule has 7 nitrogen and oxygen atoms in total. The minimum atomic E-state index is -0.882. The molecule has 4 amide bonds. The summed E-state index contributed by atoms with van der Waals surface area (Å²) >= 11 is 1.63. The zero-order valence-corrected chi connectivity index (χ0v) is 13.5. The van der Waals surface area contributed by atoms with E-state index in [1.165, 1.54) is 4.88 Å². The first kappa shape index (κ1) is 15.9. The molecule has 0 unspecified atom stereocenters. The van der Waals surface area contributed by atoms with Crippen molar-refractivity contribution in [2.45, 2.75) is 24.8 Å². The van der Waals surface area contributed by atoms with E-state index in [0.29, 0.717) is 32.6 Å². The van der Waals surface area contributed by atoms with Crippen LogP contribution in [0.4, 0.5) is 4.79 Å². The van der Waals surface area contributed by atoms with Gasteiger partial charge in [0.05, 0.1) is 0 Å². The van der Waals surface area contributed by atoms with E-state index in [2.05, 4.69) is 10.6 Å². The van der Waals surface area contributed by atoms with Crippen molar-refractivity contribution in [3.63, 3.8) is 0 Å². The Hall–Kier alpha value is -1.93. The minimum Gasteiger partial charge on any atom is -0.381 e. The van der Waals surface area contributed by atoms with Crippen molar-refractivity contribution in [1.82, 2.24) is 15.5 Å². The van der Waals surface area contributed by atoms with Crippen LogP contribution in [0.25, 0.3) is 0 Å². The molecular formula is C15H19N3O4S. The lowest BCUT2D eigenvalue weighted by atomic mass is 9.90. The van der Waals surface area contributed by atoms with Gasteiger partial charge in [-0.05, 0) is 17.9 Å². The van der Waals surface area contributed by atoms with Gasteiger partial charge in [-0.3, -0.25) is 14.5 Å². The summed E-state index contributed by atoms with van der Waals surface area (Å²) in [5.74, 6) is -0.645. The monoisotopic (exact) mass is 337 g/mol. The van der Waals surface area contributed by atoms with Gasteiger partial charge >= 0.3 is 6.03 Å². The van der Waals surface area contributed by atoms with Crippen molar-refractivity contribution in [2.24, 2.45) is 0 Å². The van der Waals surface area contributed by atoms with Crippen LogP contribution in [0.1, 0.15) is 17.7 Å². The molecule has 3 rings (SSSR count). The van der Waals surface area contributed by atoms with Gasteiger partial charge in [-0.2, -0.15) is 0 Å². The second-order valence-electron chi connectivity index (χ2n) is 5.70. The average Bonchev–Trinajstić information content (AvgIpc) is 3.12. The molecule has 2 fully saturated rings. The van der Waals surface area contributed by atoms with E-state index in [0.717, 1.165) is 11.3 Å². The number of thiophene rings is 1. The van der Waals surface area contributed by atoms with Gasteiger partial charge in [-0.25, -0.2) is 4.79 Å². The van der Waals surface area contributed by atoms with Gasteiger partial charge in [0.2, 0.25) is 5.91 Å². The smallest absolute Gasteiger partial charge is 0.325 e. The largest absolute Gasteiger partial charge is 0.381 e. The highest BCUT2D eigenvalue weighted by atomic mass is 32.1. The number of imide groups is 1. The molecule has 3 heterocycles. The zero-order valence-electron chi connectivity index (χ0n) is 12.7. The van der Waals surface area contributed by atoms with Gasteiger partial charge in [0.25, 0.3) is 5.91 Å². The number of ether oxygens (including phenoxy) is 1. The molecule has 1 aromatic heterocycles. The maximum Gasteiger partial charge on any atom is 0.325 e. The van der Waals surface area contributed by atoms with Crippen LogP contribution < -0.4 is 10.6 Å². The van der Waals surface area contributed by atoms with Crippen molar-refractivity contribution >= 4 is 29.2 Å². The standard InChI is InChI=1S/C15H19N3O4S/c19-12(16-6-3-11-2-1-9-23-11)10-18-13(20)15(17-14(18)21)4-7-22-8-5-15/h1-2,9H,3-8,10H2,(H,16,19)(H,17,21). The van der Waals surface area contributed by atoms with E-state index in [-0.39, 0.29) is 18.4 Å². The fraction of sp³-hybridized carbons (Fsp3) is 0.533. The van der Waals surface area contributed by atoms with Crippen LogP contribution >= 0.6 is 11.3 Å². The van der Waals surface area contributed by atoms with Crippen molar-refractivity contribution in [3.05, 3.63) is 22.4 Å². The Morgan fingerprint density at radius 1 is 1.39 bits per heavy atom. The van der Waals surface area contributed by atoms with Crippen molar-refractivity contribution in [1.29, 1.82) is 0 Å². The van der Waals surface area contributed by atoms with Crippen LogP contribution in [-0.4, -0.2) is 54.6 Å². The third-order valence-corrected chi connectivity index (χ3v) is 5.10. The fourth-order valence-electron chi connectivity index (χ4n) is 2.86. The highest BCUT2D eigenvalue weighted by molar-refractivity contribution is 7.09. The number of hydrogen-bond acceptors (Lipinski definition) is 5. The number of nitrogens with zero attached hydrogens (tertiary/aromatic N) is 1. The summed E-state index contributed by atoms with van der Waals surface area (Å²) in [6, 6.07) is 3.47. The molecular weight excluding hydrogens is 318 g/mol. The average molecular weight is 337 g/mol. The minimum absolute atomic E-state index is 0.238. The third-order valence-electron chi connectivity index (χ3n) is 4.17. The molecule has 0 aromatic carbocycles. The molecule has 0 bridgehead atoms. The molecule has 1 spiro atoms. The van der Waals surface area contributed by atoms with Crippen LogP contribution in [0, 0.1) is 0 Å². The highest BCUT2D eigenvalue weighted by Crippen LogP contribution is 2.28. The number of urea groups is 1. The Balaban J connectivity index is 1.51. The van der Waals surface area contributed by atoms with Gasteiger partial charge in [0.1, 0.15) is 12.1 Å². The van der Waals surface area contributed by atoms with Crippen LogP contribution in [0.2, 0.25) is 0 Å². The topological polar surface area (TPSA) is 87.7 Å². The molecule has 1 aromatic rings. The quantitative estimate of drug-likeness (QED) is 0.766. The molecule has 23 heavy (non-hydrogen) atoms. The Morgan fingerprint density at radius 3 is 2.87 bits per heavy atom. The number of nitrogens with one attached hydrogen (secondary N) is 2. The van der Waals surface area contributed by atoms with Crippen LogP contribution in [-0.2, 0) is 20.7 Å². The van der Waals surface area contributed by atoms with Gasteiger partial charge in [-0.15, -0.1) is 11.3 Å². The molecule has 0 aliphatic carbocycles. The Kier molecular flexibility index (Phi) is 4.63. The number of amides is 4. The molecule has 0 atom stereocenters. The zero-order chi connectivity index (χ0) is 16.3. The molecule has 2 N–H and O–H groups in total. The Bertz CT molecular complexity index is 596. The third kappa shape index (κ3) is 3.37. The van der Waals surface area contributed by atoms with Gasteiger partial charge in [-0.1, -0.05) is 6.07 Å². The number of carbonyl (C=O) groups is 3. The summed E-state index contributed by atoms with van der Waals surface area (Å²) in [7, 11) is 0. The summed E-state index contributed by atoms with van der Waals surface area (Å²) < 4.78 is 5.24. The SMILES string of the molecule is O=C(CN1C(=O)NC2(CCOCC2)C1=O)NCCc1cccs1. The maximum absolute atomic E-state index is 12.5. The number of carbonyl (C=O) groups excluding carboxylic acids is 3. The van der Waals surface area contributed by atoms with E-state index in [9.17, 15) is 14.4 Å². The molecule has 0 radical (unpaired) electrons. The molecule has 2 saturated heterocycles. The summed E-state index contributed by atoms with van der Waals surface area (Å²) in [6.07, 6.45) is 1.65. The van der Waals surface area contributed by atoms with Gasteiger partial charge in [0.15, 0.2) is 0 Å². The van der Waals surface area contributed by atoms with E-state index in [4.69, 9.17) is 4.74 Å². The van der Waals surface area contributed by atoms with E-state index < -0.39 is 11.6 Å². The summed E-state index contributed by atoms with van der Waals surface area (Å²) in [6.45, 7) is 1.12. The van der Waals surface area contributed by atoms with Crippen LogP contribution in [0.5, 0.6) is 0 Å². The summed E-state index contributed by atoms with van der Waals surface area (Å²) in [5, 5.41) is 7.47. The normalized spacial score (nSPS) is 19.9. The predicted molar refractivity (Wildman–Crippen MR) is 84.1 cm³/mol. The predicted octanol–water partition coefficient (Wildman–Crippen LogP) is 0.508. The Morgan fingerprint density at radius 2 is 2.17 bits per heavy atom. The summed E-state index contributed by atoms with van der Waals surface area (Å²) in [4.78, 5) is 38.7. The van der Waals surface area contributed by atoms with Crippen LogP contribution in [0.15, 0.2) is 17.5 Å². The second-order valence-corrected chi connectivity index (χ2v) is 6.73. The molecule has 2 aliphatic heterocycles. The second kappa shape index (κ2) is 6.67. The van der Waals surface area contributed by atoms with Crippen molar-refractivity contribution in [3.8, 4) is 0 Å². The highest BCUT2D eigenvalue weighted by Gasteiger charge is 2.52. The Labute approximate surface area is 138 Å². The van der Waals surface area contributed by atoms with Gasteiger partial charge < -0.3 is 15.4 Å². The lowest BCUT2D eigenvalue weighted by Gasteiger charge is -2.30. The van der Waals surface area contributed by atoms with Crippen molar-refractivity contribution < 1.29 is 19.1 Å². The maximum atomic E-state index is 12.5. The van der Waals surface area contributed by atoms with Crippen LogP contribution in [0.3, 0.4) is 0 Å². The molecule has 8 heteroatoms. The summed E-state index contributed by atoms with van der Waals surface area (Å²) in [5.41, 5.74) is -0.882. The van der Waals surface area contributed by atoms with E-state index in [1.807, 2.05) is 17.5 Å². The fourth-order valence-corrected chi connectivity index (χ4v) is 3.57. The van der Waals surface area contributed by atoms with E-state index in [1.54, 1.807) is 11.3 Å². The first-order valence-corrected chi connectivity index (χ1v) is 8.50. The van der Waals surface area contributed by atoms with E-state index >= 15 is 0 Å². The van der Waals surface area contributed by atoms with Crippen molar-refractivity contribution in [2.75, 3.05) is 26.3 Å². The molecule has 2 aliphatic rings. The lowest BCUT2D eigenvalue weighted by Crippen LogP contribution is -2.51. The first-order chi connectivity index (χ1) is 11.1. The molecule has 124 valence electrons. The number of hydrogen-bond donors (Lipinski definition) is 2.